The van der Waals surface area contributed by atoms with Crippen molar-refractivity contribution in [3.8, 4) is 11.5 Å². The molecular formula is C23H25FN4O3. The van der Waals surface area contributed by atoms with Crippen LogP contribution >= 0.6 is 0 Å². The molecule has 7 nitrogen and oxygen atoms in total. The first-order chi connectivity index (χ1) is 15.1. The van der Waals surface area contributed by atoms with Gasteiger partial charge >= 0.3 is 0 Å². The van der Waals surface area contributed by atoms with E-state index < -0.39 is 0 Å². The van der Waals surface area contributed by atoms with Gasteiger partial charge in [0.25, 0.3) is 5.89 Å². The van der Waals surface area contributed by atoms with Crippen LogP contribution in [0.2, 0.25) is 0 Å². The third kappa shape index (κ3) is 4.80. The molecule has 0 bridgehead atoms. The van der Waals surface area contributed by atoms with Gasteiger partial charge in [-0.25, -0.2) is 4.39 Å². The van der Waals surface area contributed by atoms with E-state index in [2.05, 4.69) is 15.1 Å². The van der Waals surface area contributed by atoms with Gasteiger partial charge in [0.15, 0.2) is 5.82 Å². The summed E-state index contributed by atoms with van der Waals surface area (Å²) in [6.07, 6.45) is 5.83. The Kier molecular flexibility index (Phi) is 6.36. The van der Waals surface area contributed by atoms with Gasteiger partial charge in [0.2, 0.25) is 5.91 Å². The fourth-order valence-electron chi connectivity index (χ4n) is 4.00. The van der Waals surface area contributed by atoms with E-state index in [4.69, 9.17) is 9.26 Å². The Morgan fingerprint density at radius 1 is 1.23 bits per heavy atom. The lowest BCUT2D eigenvalue weighted by atomic mass is 9.75. The highest BCUT2D eigenvalue weighted by molar-refractivity contribution is 5.78. The van der Waals surface area contributed by atoms with Crippen molar-refractivity contribution < 1.29 is 18.4 Å². The zero-order chi connectivity index (χ0) is 21.7. The first-order valence-corrected chi connectivity index (χ1v) is 10.4. The summed E-state index contributed by atoms with van der Waals surface area (Å²) < 4.78 is 24.0. The molecule has 0 N–H and O–H groups in total. The number of likely N-dealkylation sites (tertiary alicyclic amines) is 1. The number of nitrogens with zero attached hydrogens (tertiary/aromatic N) is 4. The minimum absolute atomic E-state index is 0.0381. The van der Waals surface area contributed by atoms with Gasteiger partial charge in [0.05, 0.1) is 12.0 Å². The number of carbonyl (C=O) groups is 1. The predicted molar refractivity (Wildman–Crippen MR) is 112 cm³/mol. The molecule has 1 amide bonds. The van der Waals surface area contributed by atoms with Crippen molar-refractivity contribution >= 4 is 5.91 Å². The Labute approximate surface area is 180 Å². The zero-order valence-electron chi connectivity index (χ0n) is 17.5. The lowest BCUT2D eigenvalue weighted by Crippen LogP contribution is -2.46. The maximum atomic E-state index is 13.1. The molecule has 1 aliphatic rings. The second-order valence-electron chi connectivity index (χ2n) is 7.87. The van der Waals surface area contributed by atoms with E-state index in [1.807, 2.05) is 17.0 Å². The summed E-state index contributed by atoms with van der Waals surface area (Å²) in [5.74, 6) is 0.822. The van der Waals surface area contributed by atoms with E-state index in [-0.39, 0.29) is 23.6 Å². The van der Waals surface area contributed by atoms with Crippen LogP contribution in [0.5, 0.6) is 0 Å². The van der Waals surface area contributed by atoms with Crippen molar-refractivity contribution in [2.45, 2.75) is 31.1 Å². The quantitative estimate of drug-likeness (QED) is 0.578. The number of halogens is 1. The van der Waals surface area contributed by atoms with Crippen LogP contribution in [0, 0.1) is 5.82 Å². The maximum Gasteiger partial charge on any atom is 0.259 e. The fourth-order valence-corrected chi connectivity index (χ4v) is 4.00. The van der Waals surface area contributed by atoms with E-state index in [0.717, 1.165) is 30.4 Å². The van der Waals surface area contributed by atoms with Crippen LogP contribution < -0.4 is 0 Å². The number of amides is 1. The Morgan fingerprint density at radius 2 is 2.00 bits per heavy atom. The fraction of sp³-hybridized carbons (Fsp3) is 0.391. The van der Waals surface area contributed by atoms with Crippen molar-refractivity contribution in [3.63, 3.8) is 0 Å². The first kappa shape index (κ1) is 21.1. The minimum atomic E-state index is -0.313. The highest BCUT2D eigenvalue weighted by atomic mass is 19.1. The van der Waals surface area contributed by atoms with E-state index in [0.29, 0.717) is 31.4 Å². The summed E-state index contributed by atoms with van der Waals surface area (Å²) in [6, 6.07) is 9.77. The monoisotopic (exact) mass is 424 g/mol. The average molecular weight is 424 g/mol. The van der Waals surface area contributed by atoms with E-state index in [1.165, 1.54) is 12.1 Å². The molecule has 4 rings (SSSR count). The molecule has 0 aliphatic carbocycles. The van der Waals surface area contributed by atoms with Gasteiger partial charge in [0.1, 0.15) is 5.82 Å². The maximum absolute atomic E-state index is 13.1. The second kappa shape index (κ2) is 9.34. The molecule has 0 atom stereocenters. The van der Waals surface area contributed by atoms with Gasteiger partial charge in [0, 0.05) is 44.6 Å². The Hall–Kier alpha value is -3.13. The molecule has 0 spiro atoms. The van der Waals surface area contributed by atoms with Gasteiger partial charge in [-0.1, -0.05) is 17.3 Å². The lowest BCUT2D eigenvalue weighted by Gasteiger charge is -2.39. The SMILES string of the molecule is COCCC1(c2noc(-c3cccnc3)n2)CCN(C(=O)Cc2ccc(F)cc2)CC1. The molecule has 0 saturated carbocycles. The molecule has 0 radical (unpaired) electrons. The summed E-state index contributed by atoms with van der Waals surface area (Å²) in [5.41, 5.74) is 1.27. The normalized spacial score (nSPS) is 15.7. The van der Waals surface area contributed by atoms with E-state index in [9.17, 15) is 9.18 Å². The lowest BCUT2D eigenvalue weighted by molar-refractivity contribution is -0.132. The van der Waals surface area contributed by atoms with Crippen LogP contribution in [-0.4, -0.2) is 52.7 Å². The number of benzene rings is 1. The average Bonchev–Trinajstić information content (AvgIpc) is 3.31. The number of hydrogen-bond acceptors (Lipinski definition) is 6. The molecular weight excluding hydrogens is 399 g/mol. The smallest absolute Gasteiger partial charge is 0.259 e. The third-order valence-electron chi connectivity index (χ3n) is 5.94. The zero-order valence-corrected chi connectivity index (χ0v) is 17.5. The Bertz CT molecular complexity index is 999. The largest absolute Gasteiger partial charge is 0.385 e. The summed E-state index contributed by atoms with van der Waals surface area (Å²) in [7, 11) is 1.67. The Morgan fingerprint density at radius 3 is 2.68 bits per heavy atom. The van der Waals surface area contributed by atoms with Crippen molar-refractivity contribution in [2.24, 2.45) is 0 Å². The summed E-state index contributed by atoms with van der Waals surface area (Å²) >= 11 is 0. The molecule has 3 heterocycles. The molecule has 1 saturated heterocycles. The van der Waals surface area contributed by atoms with Crippen LogP contribution in [0.25, 0.3) is 11.5 Å². The molecule has 1 aliphatic heterocycles. The highest BCUT2D eigenvalue weighted by Crippen LogP contribution is 2.38. The van der Waals surface area contributed by atoms with Crippen molar-refractivity contribution in [2.75, 3.05) is 26.8 Å². The molecule has 0 unspecified atom stereocenters. The molecule has 3 aromatic rings. The van der Waals surface area contributed by atoms with Crippen molar-refractivity contribution in [1.29, 1.82) is 0 Å². The molecule has 162 valence electrons. The predicted octanol–water partition coefficient (Wildman–Crippen LogP) is 3.41. The third-order valence-corrected chi connectivity index (χ3v) is 5.94. The molecule has 31 heavy (non-hydrogen) atoms. The van der Waals surface area contributed by atoms with Crippen LogP contribution in [0.15, 0.2) is 53.3 Å². The number of aromatic nitrogens is 3. The van der Waals surface area contributed by atoms with Gasteiger partial charge in [-0.3, -0.25) is 9.78 Å². The number of hydrogen-bond donors (Lipinski definition) is 0. The minimum Gasteiger partial charge on any atom is -0.385 e. The summed E-state index contributed by atoms with van der Waals surface area (Å²) in [5, 5.41) is 4.28. The van der Waals surface area contributed by atoms with Crippen molar-refractivity contribution in [3.05, 3.63) is 66.0 Å². The van der Waals surface area contributed by atoms with Crippen molar-refractivity contribution in [1.82, 2.24) is 20.0 Å². The number of ether oxygens (including phenoxy) is 1. The van der Waals surface area contributed by atoms with Gasteiger partial charge in [-0.15, -0.1) is 0 Å². The summed E-state index contributed by atoms with van der Waals surface area (Å²) in [6.45, 7) is 1.77. The Balaban J connectivity index is 1.46. The number of piperidine rings is 1. The van der Waals surface area contributed by atoms with Gasteiger partial charge in [-0.05, 0) is 49.1 Å². The first-order valence-electron chi connectivity index (χ1n) is 10.4. The molecule has 8 heteroatoms. The number of rotatable bonds is 7. The second-order valence-corrected chi connectivity index (χ2v) is 7.87. The number of pyridine rings is 1. The molecule has 1 fully saturated rings. The topological polar surface area (TPSA) is 81.3 Å². The highest BCUT2D eigenvalue weighted by Gasteiger charge is 2.41. The van der Waals surface area contributed by atoms with Crippen LogP contribution in [-0.2, 0) is 21.4 Å². The molecule has 1 aromatic carbocycles. The molecule has 2 aromatic heterocycles. The van der Waals surface area contributed by atoms with E-state index in [1.54, 1.807) is 31.6 Å². The van der Waals surface area contributed by atoms with Crippen LogP contribution in [0.1, 0.15) is 30.7 Å². The number of methoxy groups -OCH3 is 1. The summed E-state index contributed by atoms with van der Waals surface area (Å²) in [4.78, 5) is 23.4. The van der Waals surface area contributed by atoms with Crippen LogP contribution in [0.3, 0.4) is 0 Å². The van der Waals surface area contributed by atoms with Gasteiger partial charge in [-0.2, -0.15) is 4.98 Å². The van der Waals surface area contributed by atoms with E-state index >= 15 is 0 Å². The van der Waals surface area contributed by atoms with Gasteiger partial charge < -0.3 is 14.2 Å². The number of carbonyl (C=O) groups excluding carboxylic acids is 1. The van der Waals surface area contributed by atoms with Crippen LogP contribution in [0.4, 0.5) is 4.39 Å². The standard InChI is InChI=1S/C23H25FN4O3/c1-30-14-10-23(22-26-21(31-27-22)18-3-2-11-25-16-18)8-12-28(13-9-23)20(29)15-17-4-6-19(24)7-5-17/h2-7,11,16H,8-10,12-15H2,1H3.